The Hall–Kier alpha value is 0.0200. The molecule has 0 atom stereocenters. The minimum Gasteiger partial charge on any atom is -0.287 e. The Bertz CT molecular complexity index is 116. The molecule has 1 aliphatic rings. The van der Waals surface area contributed by atoms with Crippen LogP contribution in [0.25, 0.3) is 0 Å². The predicted octanol–water partition coefficient (Wildman–Crippen LogP) is 1.63. The van der Waals surface area contributed by atoms with Crippen LogP contribution in [0.3, 0.4) is 0 Å². The highest BCUT2D eigenvalue weighted by Gasteiger charge is 2.36. The fraction of sp³-hybridized carbons (Fsp3) is 0.833. The maximum atomic E-state index is 10.6. The summed E-state index contributed by atoms with van der Waals surface area (Å²) in [6, 6.07) is 0. The second-order valence-electron chi connectivity index (χ2n) is 2.72. The Morgan fingerprint density at radius 2 is 2.12 bits per heavy atom. The zero-order chi connectivity index (χ0) is 6.20. The molecule has 0 aliphatic heterocycles. The number of hydrogen-bond donors (Lipinski definition) is 1. The molecule has 0 amide bonds. The van der Waals surface area contributed by atoms with Gasteiger partial charge in [-0.2, -0.15) is 0 Å². The van der Waals surface area contributed by atoms with Gasteiger partial charge in [0.05, 0.1) is 0 Å². The largest absolute Gasteiger partial charge is 0.287 e. The smallest absolute Gasteiger partial charge is 0.191 e. The minimum atomic E-state index is -0.0525. The molecule has 0 saturated heterocycles. The van der Waals surface area contributed by atoms with Gasteiger partial charge in [-0.3, -0.25) is 4.79 Å². The summed E-state index contributed by atoms with van der Waals surface area (Å²) < 4.78 is 0. The van der Waals surface area contributed by atoms with Gasteiger partial charge in [0, 0.05) is 5.41 Å². The van der Waals surface area contributed by atoms with E-state index in [1.165, 1.54) is 6.42 Å². The van der Waals surface area contributed by atoms with Gasteiger partial charge in [0.2, 0.25) is 0 Å². The van der Waals surface area contributed by atoms with Crippen molar-refractivity contribution in [2.45, 2.75) is 26.2 Å². The van der Waals surface area contributed by atoms with Crippen LogP contribution >= 0.6 is 12.6 Å². The SMILES string of the molecule is CC1(C(=O)S)CCC1. The highest BCUT2D eigenvalue weighted by molar-refractivity contribution is 7.96. The molecule has 1 rings (SSSR count). The molecule has 0 unspecified atom stereocenters. The van der Waals surface area contributed by atoms with Gasteiger partial charge in [-0.25, -0.2) is 0 Å². The summed E-state index contributed by atoms with van der Waals surface area (Å²) in [5.74, 6) is 0. The normalized spacial score (nSPS) is 24.2. The van der Waals surface area contributed by atoms with Crippen molar-refractivity contribution < 1.29 is 4.79 Å². The first-order chi connectivity index (χ1) is 3.65. The van der Waals surface area contributed by atoms with E-state index in [9.17, 15) is 4.79 Å². The monoisotopic (exact) mass is 130 g/mol. The first kappa shape index (κ1) is 6.14. The molecule has 1 fully saturated rings. The topological polar surface area (TPSA) is 17.1 Å². The van der Waals surface area contributed by atoms with E-state index in [-0.39, 0.29) is 10.5 Å². The summed E-state index contributed by atoms with van der Waals surface area (Å²) in [5.41, 5.74) is -0.0525. The summed E-state index contributed by atoms with van der Waals surface area (Å²) in [5, 5.41) is 0.0590. The van der Waals surface area contributed by atoms with E-state index in [1.54, 1.807) is 0 Å². The number of rotatable bonds is 1. The van der Waals surface area contributed by atoms with Crippen LogP contribution in [0.2, 0.25) is 0 Å². The summed E-state index contributed by atoms with van der Waals surface area (Å²) in [6.07, 6.45) is 3.27. The lowest BCUT2D eigenvalue weighted by Gasteiger charge is -2.34. The lowest BCUT2D eigenvalue weighted by molar-refractivity contribution is -0.122. The van der Waals surface area contributed by atoms with Gasteiger partial charge in [0.15, 0.2) is 5.12 Å². The molecule has 0 bridgehead atoms. The van der Waals surface area contributed by atoms with Crippen LogP contribution in [0.4, 0.5) is 0 Å². The highest BCUT2D eigenvalue weighted by Crippen LogP contribution is 2.41. The Morgan fingerprint density at radius 1 is 1.62 bits per heavy atom. The molecule has 0 radical (unpaired) electrons. The number of thiol groups is 1. The summed E-state index contributed by atoms with van der Waals surface area (Å²) in [4.78, 5) is 10.6. The van der Waals surface area contributed by atoms with Crippen molar-refractivity contribution in [1.82, 2.24) is 0 Å². The van der Waals surface area contributed by atoms with E-state index in [0.29, 0.717) is 0 Å². The van der Waals surface area contributed by atoms with Crippen LogP contribution < -0.4 is 0 Å². The van der Waals surface area contributed by atoms with E-state index in [4.69, 9.17) is 0 Å². The molecule has 0 spiro atoms. The fourth-order valence-corrected chi connectivity index (χ4v) is 1.14. The van der Waals surface area contributed by atoms with Gasteiger partial charge in [-0.15, -0.1) is 12.6 Å². The summed E-state index contributed by atoms with van der Waals surface area (Å²) in [7, 11) is 0. The zero-order valence-electron chi connectivity index (χ0n) is 4.98. The Balaban J connectivity index is 2.53. The van der Waals surface area contributed by atoms with E-state index in [1.807, 2.05) is 6.92 Å². The molecule has 1 nitrogen and oxygen atoms in total. The molecule has 8 heavy (non-hydrogen) atoms. The van der Waals surface area contributed by atoms with Crippen molar-refractivity contribution in [2.75, 3.05) is 0 Å². The van der Waals surface area contributed by atoms with Gasteiger partial charge in [0.25, 0.3) is 0 Å². The summed E-state index contributed by atoms with van der Waals surface area (Å²) in [6.45, 7) is 1.98. The number of carbonyl (C=O) groups is 1. The zero-order valence-corrected chi connectivity index (χ0v) is 5.87. The van der Waals surface area contributed by atoms with Crippen molar-refractivity contribution in [3.63, 3.8) is 0 Å². The molecular weight excluding hydrogens is 120 g/mol. The first-order valence-corrected chi connectivity index (χ1v) is 3.33. The van der Waals surface area contributed by atoms with Crippen LogP contribution in [0, 0.1) is 5.41 Å². The fourth-order valence-electron chi connectivity index (χ4n) is 0.921. The lowest BCUT2D eigenvalue weighted by atomic mass is 9.72. The molecule has 1 saturated carbocycles. The van der Waals surface area contributed by atoms with Crippen LogP contribution in [-0.4, -0.2) is 5.12 Å². The standard InChI is InChI=1S/C6H10OS/c1-6(5(7)8)3-2-4-6/h2-4H2,1H3,(H,7,8). The second kappa shape index (κ2) is 1.76. The van der Waals surface area contributed by atoms with Crippen molar-refractivity contribution in [3.05, 3.63) is 0 Å². The van der Waals surface area contributed by atoms with Gasteiger partial charge in [-0.1, -0.05) is 13.3 Å². The Labute approximate surface area is 54.9 Å². The minimum absolute atomic E-state index is 0.0525. The molecule has 0 aromatic carbocycles. The van der Waals surface area contributed by atoms with E-state index in [2.05, 4.69) is 12.6 Å². The molecule has 46 valence electrons. The van der Waals surface area contributed by atoms with Gasteiger partial charge in [-0.05, 0) is 12.8 Å². The van der Waals surface area contributed by atoms with E-state index in [0.717, 1.165) is 12.8 Å². The second-order valence-corrected chi connectivity index (χ2v) is 3.13. The average molecular weight is 130 g/mol. The number of carbonyl (C=O) groups excluding carboxylic acids is 1. The third kappa shape index (κ3) is 0.772. The number of hydrogen-bond acceptors (Lipinski definition) is 1. The molecule has 0 aromatic heterocycles. The van der Waals surface area contributed by atoms with E-state index >= 15 is 0 Å². The van der Waals surface area contributed by atoms with Crippen LogP contribution in [0.5, 0.6) is 0 Å². The quantitative estimate of drug-likeness (QED) is 0.534. The summed E-state index contributed by atoms with van der Waals surface area (Å²) >= 11 is 3.77. The van der Waals surface area contributed by atoms with Crippen LogP contribution in [-0.2, 0) is 4.79 Å². The molecule has 0 heterocycles. The Morgan fingerprint density at radius 3 is 2.12 bits per heavy atom. The Kier molecular flexibility index (Phi) is 1.35. The maximum absolute atomic E-state index is 10.6. The molecule has 0 N–H and O–H groups in total. The van der Waals surface area contributed by atoms with Gasteiger partial charge in [0.1, 0.15) is 0 Å². The molecule has 0 aromatic rings. The third-order valence-corrected chi connectivity index (χ3v) is 2.51. The van der Waals surface area contributed by atoms with Crippen LogP contribution in [0.15, 0.2) is 0 Å². The van der Waals surface area contributed by atoms with E-state index < -0.39 is 0 Å². The average Bonchev–Trinajstić information content (AvgIpc) is 1.60. The van der Waals surface area contributed by atoms with Gasteiger partial charge >= 0.3 is 0 Å². The first-order valence-electron chi connectivity index (χ1n) is 2.88. The maximum Gasteiger partial charge on any atom is 0.191 e. The van der Waals surface area contributed by atoms with Gasteiger partial charge < -0.3 is 0 Å². The molecular formula is C6H10OS. The van der Waals surface area contributed by atoms with Crippen molar-refractivity contribution in [3.8, 4) is 0 Å². The van der Waals surface area contributed by atoms with Crippen molar-refractivity contribution in [2.24, 2.45) is 5.41 Å². The molecule has 2 heteroatoms. The molecule has 1 aliphatic carbocycles. The van der Waals surface area contributed by atoms with Crippen molar-refractivity contribution >= 4 is 17.7 Å². The van der Waals surface area contributed by atoms with Crippen molar-refractivity contribution in [1.29, 1.82) is 0 Å². The highest BCUT2D eigenvalue weighted by atomic mass is 32.1. The lowest BCUT2D eigenvalue weighted by Crippen LogP contribution is -2.31. The third-order valence-electron chi connectivity index (χ3n) is 1.97. The predicted molar refractivity (Wildman–Crippen MR) is 36.0 cm³/mol. The van der Waals surface area contributed by atoms with Crippen LogP contribution in [0.1, 0.15) is 26.2 Å².